The molecule has 16 heavy (non-hydrogen) atoms. The van der Waals surface area contributed by atoms with E-state index in [2.05, 4.69) is 12.2 Å². The van der Waals surface area contributed by atoms with Crippen LogP contribution in [0.15, 0.2) is 24.3 Å². The van der Waals surface area contributed by atoms with E-state index < -0.39 is 0 Å². The molecule has 0 bridgehead atoms. The highest BCUT2D eigenvalue weighted by Gasteiger charge is 1.97. The quantitative estimate of drug-likeness (QED) is 0.724. The Morgan fingerprint density at radius 2 is 2.12 bits per heavy atom. The summed E-state index contributed by atoms with van der Waals surface area (Å²) in [6.07, 6.45) is 5.96. The van der Waals surface area contributed by atoms with Crippen LogP contribution in [-0.2, 0) is 0 Å². The van der Waals surface area contributed by atoms with Gasteiger partial charge in [-0.05, 0) is 45.0 Å². The minimum atomic E-state index is -0.150. The first kappa shape index (κ1) is 12.9. The Labute approximate surface area is 97.4 Å². The van der Waals surface area contributed by atoms with Gasteiger partial charge < -0.3 is 5.32 Å². The molecule has 0 aromatic heterocycles. The standard InChI is InChI=1S/C14H20FN/c1-3-9-16-10-5-4-6-13-11-12(2)7-8-14(13)15/h4,6-8,11,16H,3,5,9-10H2,1-2H3. The molecule has 0 fully saturated rings. The van der Waals surface area contributed by atoms with Crippen molar-refractivity contribution >= 4 is 6.08 Å². The Morgan fingerprint density at radius 1 is 1.31 bits per heavy atom. The van der Waals surface area contributed by atoms with Gasteiger partial charge in [-0.3, -0.25) is 0 Å². The van der Waals surface area contributed by atoms with Gasteiger partial charge in [0.2, 0.25) is 0 Å². The molecule has 0 aliphatic carbocycles. The average molecular weight is 221 g/mol. The monoisotopic (exact) mass is 221 g/mol. The maximum absolute atomic E-state index is 13.3. The maximum atomic E-state index is 13.3. The highest BCUT2D eigenvalue weighted by Crippen LogP contribution is 2.11. The lowest BCUT2D eigenvalue weighted by molar-refractivity contribution is 0.624. The Bertz CT molecular complexity index is 345. The van der Waals surface area contributed by atoms with Gasteiger partial charge >= 0.3 is 0 Å². The van der Waals surface area contributed by atoms with Crippen LogP contribution < -0.4 is 5.32 Å². The molecule has 0 aliphatic rings. The second kappa shape index (κ2) is 7.18. The van der Waals surface area contributed by atoms with Crippen molar-refractivity contribution < 1.29 is 4.39 Å². The van der Waals surface area contributed by atoms with Crippen molar-refractivity contribution in [2.24, 2.45) is 0 Å². The third-order valence-corrected chi connectivity index (χ3v) is 2.36. The molecule has 2 heteroatoms. The van der Waals surface area contributed by atoms with Gasteiger partial charge in [-0.1, -0.05) is 30.7 Å². The Balaban J connectivity index is 2.40. The van der Waals surface area contributed by atoms with Crippen molar-refractivity contribution in [3.8, 4) is 0 Å². The second-order valence-corrected chi connectivity index (χ2v) is 3.97. The molecular weight excluding hydrogens is 201 g/mol. The highest BCUT2D eigenvalue weighted by molar-refractivity contribution is 5.51. The van der Waals surface area contributed by atoms with Crippen LogP contribution in [0.25, 0.3) is 6.08 Å². The number of hydrogen-bond acceptors (Lipinski definition) is 1. The molecule has 1 aromatic rings. The van der Waals surface area contributed by atoms with E-state index in [1.54, 1.807) is 6.07 Å². The lowest BCUT2D eigenvalue weighted by atomic mass is 10.1. The number of rotatable bonds is 6. The van der Waals surface area contributed by atoms with Crippen LogP contribution in [0, 0.1) is 12.7 Å². The predicted molar refractivity (Wildman–Crippen MR) is 67.9 cm³/mol. The van der Waals surface area contributed by atoms with Gasteiger partial charge in [-0.2, -0.15) is 0 Å². The molecule has 0 heterocycles. The molecule has 0 saturated heterocycles. The molecule has 0 radical (unpaired) electrons. The van der Waals surface area contributed by atoms with Crippen molar-refractivity contribution in [3.63, 3.8) is 0 Å². The smallest absolute Gasteiger partial charge is 0.130 e. The summed E-state index contributed by atoms with van der Waals surface area (Å²) in [5.41, 5.74) is 1.76. The van der Waals surface area contributed by atoms with Gasteiger partial charge in [0.15, 0.2) is 0 Å². The van der Waals surface area contributed by atoms with Crippen LogP contribution in [0.4, 0.5) is 4.39 Å². The molecule has 0 unspecified atom stereocenters. The van der Waals surface area contributed by atoms with Gasteiger partial charge in [0.25, 0.3) is 0 Å². The summed E-state index contributed by atoms with van der Waals surface area (Å²) < 4.78 is 13.3. The van der Waals surface area contributed by atoms with E-state index in [4.69, 9.17) is 0 Å². The van der Waals surface area contributed by atoms with Crippen LogP contribution >= 0.6 is 0 Å². The van der Waals surface area contributed by atoms with Crippen LogP contribution in [0.5, 0.6) is 0 Å². The van der Waals surface area contributed by atoms with Crippen molar-refractivity contribution in [1.29, 1.82) is 0 Å². The number of halogens is 1. The minimum Gasteiger partial charge on any atom is -0.316 e. The summed E-state index contributed by atoms with van der Waals surface area (Å²) in [5, 5.41) is 3.30. The van der Waals surface area contributed by atoms with Gasteiger partial charge in [0.05, 0.1) is 0 Å². The molecule has 88 valence electrons. The van der Waals surface area contributed by atoms with E-state index in [1.807, 2.05) is 25.1 Å². The first-order valence-corrected chi connectivity index (χ1v) is 5.87. The molecule has 1 aromatic carbocycles. The lowest BCUT2D eigenvalue weighted by Crippen LogP contribution is -2.14. The fourth-order valence-electron chi connectivity index (χ4n) is 1.49. The lowest BCUT2D eigenvalue weighted by Gasteiger charge is -2.00. The zero-order valence-electron chi connectivity index (χ0n) is 10.1. The number of hydrogen-bond donors (Lipinski definition) is 1. The van der Waals surface area contributed by atoms with E-state index in [9.17, 15) is 4.39 Å². The SMILES string of the molecule is CCCNCCC=Cc1cc(C)ccc1F. The fourth-order valence-corrected chi connectivity index (χ4v) is 1.49. The molecule has 0 aliphatic heterocycles. The maximum Gasteiger partial charge on any atom is 0.130 e. The number of benzene rings is 1. The zero-order valence-corrected chi connectivity index (χ0v) is 10.1. The molecule has 0 atom stereocenters. The van der Waals surface area contributed by atoms with Crippen LogP contribution in [0.2, 0.25) is 0 Å². The largest absolute Gasteiger partial charge is 0.316 e. The molecule has 1 rings (SSSR count). The normalized spacial score (nSPS) is 11.2. The summed E-state index contributed by atoms with van der Waals surface area (Å²) in [6, 6.07) is 5.17. The topological polar surface area (TPSA) is 12.0 Å². The number of aryl methyl sites for hydroxylation is 1. The average Bonchev–Trinajstić information content (AvgIpc) is 2.28. The van der Waals surface area contributed by atoms with E-state index in [0.29, 0.717) is 5.56 Å². The van der Waals surface area contributed by atoms with Crippen LogP contribution in [0.3, 0.4) is 0 Å². The van der Waals surface area contributed by atoms with Crippen molar-refractivity contribution in [3.05, 3.63) is 41.2 Å². The van der Waals surface area contributed by atoms with E-state index in [1.165, 1.54) is 6.07 Å². The Hall–Kier alpha value is -1.15. The summed E-state index contributed by atoms with van der Waals surface area (Å²) >= 11 is 0. The van der Waals surface area contributed by atoms with Gasteiger partial charge in [0, 0.05) is 5.56 Å². The summed E-state index contributed by atoms with van der Waals surface area (Å²) in [4.78, 5) is 0. The van der Waals surface area contributed by atoms with Crippen molar-refractivity contribution in [2.75, 3.05) is 13.1 Å². The zero-order chi connectivity index (χ0) is 11.8. The van der Waals surface area contributed by atoms with Crippen LogP contribution in [-0.4, -0.2) is 13.1 Å². The van der Waals surface area contributed by atoms with Gasteiger partial charge in [-0.15, -0.1) is 0 Å². The first-order valence-electron chi connectivity index (χ1n) is 5.87. The van der Waals surface area contributed by atoms with E-state index >= 15 is 0 Å². The van der Waals surface area contributed by atoms with Crippen LogP contribution in [0.1, 0.15) is 30.9 Å². The molecular formula is C14H20FN. The molecule has 0 saturated carbocycles. The summed E-state index contributed by atoms with van der Waals surface area (Å²) in [6.45, 7) is 6.12. The minimum absolute atomic E-state index is 0.150. The third-order valence-electron chi connectivity index (χ3n) is 2.36. The molecule has 1 nitrogen and oxygen atoms in total. The predicted octanol–water partition coefficient (Wildman–Crippen LogP) is 3.54. The molecule has 0 amide bonds. The van der Waals surface area contributed by atoms with Crippen molar-refractivity contribution in [1.82, 2.24) is 5.32 Å². The van der Waals surface area contributed by atoms with Gasteiger partial charge in [-0.25, -0.2) is 4.39 Å². The third kappa shape index (κ3) is 4.58. The molecule has 0 spiro atoms. The summed E-state index contributed by atoms with van der Waals surface area (Å²) in [5.74, 6) is -0.150. The fraction of sp³-hybridized carbons (Fsp3) is 0.429. The highest BCUT2D eigenvalue weighted by atomic mass is 19.1. The first-order chi connectivity index (χ1) is 7.74. The summed E-state index contributed by atoms with van der Waals surface area (Å²) in [7, 11) is 0. The molecule has 1 N–H and O–H groups in total. The second-order valence-electron chi connectivity index (χ2n) is 3.97. The van der Waals surface area contributed by atoms with E-state index in [-0.39, 0.29) is 5.82 Å². The Morgan fingerprint density at radius 3 is 2.88 bits per heavy atom. The van der Waals surface area contributed by atoms with Crippen molar-refractivity contribution in [2.45, 2.75) is 26.7 Å². The van der Waals surface area contributed by atoms with E-state index in [0.717, 1.165) is 31.5 Å². The number of nitrogens with one attached hydrogen (secondary N) is 1. The van der Waals surface area contributed by atoms with Gasteiger partial charge in [0.1, 0.15) is 5.82 Å². The Kier molecular flexibility index (Phi) is 5.79.